The van der Waals surface area contributed by atoms with Gasteiger partial charge in [0, 0.05) is 7.05 Å². The Morgan fingerprint density at radius 3 is 2.47 bits per heavy atom. The maximum Gasteiger partial charge on any atom is 0.573 e. The fraction of sp³-hybridized carbons (Fsp3) is 0.273. The van der Waals surface area contributed by atoms with Crippen LogP contribution in [0.25, 0.3) is 0 Å². The van der Waals surface area contributed by atoms with Crippen LogP contribution in [0.15, 0.2) is 30.6 Å². The lowest BCUT2D eigenvalue weighted by atomic mass is 10.2. The van der Waals surface area contributed by atoms with Crippen molar-refractivity contribution in [1.29, 1.82) is 0 Å². The van der Waals surface area contributed by atoms with Gasteiger partial charge in [0.15, 0.2) is 0 Å². The first-order valence-electron chi connectivity index (χ1n) is 5.38. The molecule has 2 rings (SSSR count). The van der Waals surface area contributed by atoms with Crippen LogP contribution in [0.1, 0.15) is 5.56 Å². The van der Waals surface area contributed by atoms with Crippen molar-refractivity contribution in [1.82, 2.24) is 14.8 Å². The molecule has 1 N–H and O–H groups in total. The molecule has 0 radical (unpaired) electrons. The Hall–Kier alpha value is -2.25. The second kappa shape index (κ2) is 5.17. The largest absolute Gasteiger partial charge is 0.573 e. The second-order valence-electron chi connectivity index (χ2n) is 3.71. The summed E-state index contributed by atoms with van der Waals surface area (Å²) in [4.78, 5) is 3.96. The fourth-order valence-electron chi connectivity index (χ4n) is 1.47. The quantitative estimate of drug-likeness (QED) is 0.927. The number of nitrogens with one attached hydrogen (secondary N) is 1. The van der Waals surface area contributed by atoms with Crippen LogP contribution < -0.4 is 10.1 Å². The summed E-state index contributed by atoms with van der Waals surface area (Å²) in [6.07, 6.45) is -3.14. The lowest BCUT2D eigenvalue weighted by Gasteiger charge is -2.09. The highest BCUT2D eigenvalue weighted by atomic mass is 19.4. The highest BCUT2D eigenvalue weighted by molar-refractivity contribution is 5.27. The molecule has 8 heteroatoms. The van der Waals surface area contributed by atoms with Crippen LogP contribution in [0.4, 0.5) is 19.1 Å². The monoisotopic (exact) mass is 272 g/mol. The molecule has 0 spiro atoms. The van der Waals surface area contributed by atoms with Gasteiger partial charge in [-0.15, -0.1) is 18.3 Å². The molecule has 0 aliphatic heterocycles. The molecule has 2 aromatic rings. The molecule has 0 saturated heterocycles. The van der Waals surface area contributed by atoms with Crippen molar-refractivity contribution in [2.45, 2.75) is 12.9 Å². The van der Waals surface area contributed by atoms with Crippen LogP contribution in [-0.4, -0.2) is 28.2 Å². The molecule has 0 bridgehead atoms. The normalized spacial score (nSPS) is 11.4. The van der Waals surface area contributed by atoms with Crippen LogP contribution >= 0.6 is 0 Å². The number of anilines is 1. The zero-order valence-corrected chi connectivity index (χ0v) is 9.98. The van der Waals surface area contributed by atoms with Crippen LogP contribution in [0.2, 0.25) is 0 Å². The minimum atomic E-state index is -4.67. The smallest absolute Gasteiger partial charge is 0.406 e. The topological polar surface area (TPSA) is 52.0 Å². The van der Waals surface area contributed by atoms with Crippen molar-refractivity contribution >= 4 is 5.95 Å². The van der Waals surface area contributed by atoms with Crippen LogP contribution in [-0.2, 0) is 6.54 Å². The Labute approximate surface area is 107 Å². The van der Waals surface area contributed by atoms with Gasteiger partial charge in [-0.05, 0) is 17.7 Å². The van der Waals surface area contributed by atoms with Gasteiger partial charge in [0.1, 0.15) is 12.1 Å². The maximum atomic E-state index is 12.0. The number of hydrogen-bond donors (Lipinski definition) is 1. The number of benzene rings is 1. The number of rotatable bonds is 4. The molecule has 1 aromatic heterocycles. The fourth-order valence-corrected chi connectivity index (χ4v) is 1.47. The van der Waals surface area contributed by atoms with Crippen molar-refractivity contribution in [3.8, 4) is 5.75 Å². The van der Waals surface area contributed by atoms with Gasteiger partial charge in [0.2, 0.25) is 5.95 Å². The van der Waals surface area contributed by atoms with E-state index in [1.807, 2.05) is 0 Å². The van der Waals surface area contributed by atoms with Crippen molar-refractivity contribution in [3.63, 3.8) is 0 Å². The van der Waals surface area contributed by atoms with Gasteiger partial charge in [-0.25, -0.2) is 9.67 Å². The van der Waals surface area contributed by atoms with Gasteiger partial charge in [-0.2, -0.15) is 0 Å². The van der Waals surface area contributed by atoms with E-state index in [9.17, 15) is 13.2 Å². The van der Waals surface area contributed by atoms with Crippen LogP contribution in [0, 0.1) is 0 Å². The molecule has 1 aromatic carbocycles. The molecule has 102 valence electrons. The lowest BCUT2D eigenvalue weighted by Crippen LogP contribution is -2.17. The molecule has 0 amide bonds. The van der Waals surface area contributed by atoms with E-state index in [1.54, 1.807) is 23.9 Å². The molecule has 0 aliphatic rings. The van der Waals surface area contributed by atoms with E-state index in [0.717, 1.165) is 5.56 Å². The molecule has 5 nitrogen and oxygen atoms in total. The molecule has 0 fully saturated rings. The molecule has 19 heavy (non-hydrogen) atoms. The number of ether oxygens (including phenoxy) is 1. The first kappa shape index (κ1) is 13.2. The summed E-state index contributed by atoms with van der Waals surface area (Å²) in [5, 5.41) is 6.87. The number of halogens is 3. The van der Waals surface area contributed by atoms with Gasteiger partial charge < -0.3 is 10.1 Å². The first-order chi connectivity index (χ1) is 8.96. The Balaban J connectivity index is 2.02. The summed E-state index contributed by atoms with van der Waals surface area (Å²) in [6.45, 7) is 0.418. The average molecular weight is 272 g/mol. The molecular weight excluding hydrogens is 261 g/mol. The minimum absolute atomic E-state index is 0.245. The highest BCUT2D eigenvalue weighted by Crippen LogP contribution is 2.22. The average Bonchev–Trinajstić information content (AvgIpc) is 2.77. The Morgan fingerprint density at radius 2 is 1.95 bits per heavy atom. The minimum Gasteiger partial charge on any atom is -0.406 e. The summed E-state index contributed by atoms with van der Waals surface area (Å²) < 4.78 is 41.3. The van der Waals surface area contributed by atoms with E-state index in [4.69, 9.17) is 0 Å². The number of hydrogen-bond acceptors (Lipinski definition) is 4. The van der Waals surface area contributed by atoms with Crippen molar-refractivity contribution in [3.05, 3.63) is 36.2 Å². The lowest BCUT2D eigenvalue weighted by molar-refractivity contribution is -0.274. The predicted molar refractivity (Wildman–Crippen MR) is 61.8 cm³/mol. The Kier molecular flexibility index (Phi) is 3.59. The van der Waals surface area contributed by atoms with E-state index < -0.39 is 6.36 Å². The molecule has 0 aliphatic carbocycles. The zero-order valence-electron chi connectivity index (χ0n) is 9.98. The zero-order chi connectivity index (χ0) is 13.9. The summed E-state index contributed by atoms with van der Waals surface area (Å²) in [5.41, 5.74) is 0.794. The van der Waals surface area contributed by atoms with Gasteiger partial charge in [0.25, 0.3) is 0 Å². The van der Waals surface area contributed by atoms with Crippen LogP contribution in [0.3, 0.4) is 0 Å². The second-order valence-corrected chi connectivity index (χ2v) is 3.71. The van der Waals surface area contributed by atoms with E-state index in [-0.39, 0.29) is 5.75 Å². The van der Waals surface area contributed by atoms with Gasteiger partial charge in [-0.3, -0.25) is 0 Å². The molecule has 0 atom stereocenters. The maximum absolute atomic E-state index is 12.0. The third-order valence-corrected chi connectivity index (χ3v) is 2.26. The van der Waals surface area contributed by atoms with E-state index in [0.29, 0.717) is 12.5 Å². The number of alkyl halides is 3. The number of aromatic nitrogens is 3. The predicted octanol–water partition coefficient (Wildman–Crippen LogP) is 2.27. The van der Waals surface area contributed by atoms with Crippen molar-refractivity contribution in [2.75, 3.05) is 12.4 Å². The van der Waals surface area contributed by atoms with Gasteiger partial charge >= 0.3 is 6.36 Å². The van der Waals surface area contributed by atoms with Gasteiger partial charge in [0.05, 0.1) is 6.54 Å². The van der Waals surface area contributed by atoms with E-state index in [1.165, 1.54) is 18.5 Å². The molecule has 0 saturated carbocycles. The third-order valence-electron chi connectivity index (χ3n) is 2.26. The Morgan fingerprint density at radius 1 is 1.26 bits per heavy atom. The van der Waals surface area contributed by atoms with Gasteiger partial charge in [-0.1, -0.05) is 12.1 Å². The van der Waals surface area contributed by atoms with E-state index in [2.05, 4.69) is 20.1 Å². The highest BCUT2D eigenvalue weighted by Gasteiger charge is 2.30. The van der Waals surface area contributed by atoms with Crippen molar-refractivity contribution < 1.29 is 17.9 Å². The molecule has 0 unspecified atom stereocenters. The standard InChI is InChI=1S/C11H11F3N4O/c1-15-10-16-7-18(17-10)6-8-2-4-9(5-3-8)19-11(12,13)14/h2-5,7H,6H2,1H3,(H,15,17). The van der Waals surface area contributed by atoms with E-state index >= 15 is 0 Å². The van der Waals surface area contributed by atoms with Crippen LogP contribution in [0.5, 0.6) is 5.75 Å². The third kappa shape index (κ3) is 3.87. The Bertz CT molecular complexity index is 536. The first-order valence-corrected chi connectivity index (χ1v) is 5.38. The SMILES string of the molecule is CNc1ncn(Cc2ccc(OC(F)(F)F)cc2)n1. The molecular formula is C11H11F3N4O. The summed E-state index contributed by atoms with van der Waals surface area (Å²) in [6, 6.07) is 5.61. The summed E-state index contributed by atoms with van der Waals surface area (Å²) >= 11 is 0. The molecule has 1 heterocycles. The summed E-state index contributed by atoms with van der Waals surface area (Å²) in [7, 11) is 1.70. The number of nitrogens with zero attached hydrogens (tertiary/aromatic N) is 3. The summed E-state index contributed by atoms with van der Waals surface area (Å²) in [5.74, 6) is 0.239. The van der Waals surface area contributed by atoms with Crippen molar-refractivity contribution in [2.24, 2.45) is 0 Å².